The molecule has 0 radical (unpaired) electrons. The maximum atomic E-state index is 5.56. The summed E-state index contributed by atoms with van der Waals surface area (Å²) in [5.41, 5.74) is 2.39. The minimum atomic E-state index is 0.139. The highest BCUT2D eigenvalue weighted by Crippen LogP contribution is 2.15. The van der Waals surface area contributed by atoms with Crippen molar-refractivity contribution in [2.45, 2.75) is 12.6 Å². The number of hydrogen-bond acceptors (Lipinski definition) is 4. The molecule has 0 saturated carbocycles. The van der Waals surface area contributed by atoms with Crippen LogP contribution in [0.15, 0.2) is 54.6 Å². The molecule has 6 heteroatoms. The third-order valence-corrected chi connectivity index (χ3v) is 4.93. The fourth-order valence-corrected chi connectivity index (χ4v) is 3.31. The maximum Gasteiger partial charge on any atom is 0.167 e. The van der Waals surface area contributed by atoms with Crippen LogP contribution in [0, 0.1) is 0 Å². The minimum absolute atomic E-state index is 0.139. The Morgan fingerprint density at radius 2 is 1.81 bits per heavy atom. The zero-order valence-electron chi connectivity index (χ0n) is 15.7. The van der Waals surface area contributed by atoms with Crippen molar-refractivity contribution in [3.63, 3.8) is 0 Å². The average molecular weight is 386 g/mol. The molecule has 1 aliphatic rings. The van der Waals surface area contributed by atoms with Crippen molar-refractivity contribution in [3.8, 4) is 5.75 Å². The summed E-state index contributed by atoms with van der Waals surface area (Å²) in [6, 6.07) is 18.6. The van der Waals surface area contributed by atoms with Gasteiger partial charge in [-0.3, -0.25) is 4.90 Å². The standard InChI is InChI=1S/C21H27N3O2S/c1-25-19-9-7-17(8-10-19)15-22-21(27)23-20(18-5-3-2-4-6-18)16-24-11-13-26-14-12-24/h2-10,20H,11-16H2,1H3,(H2,22,23,27)/t20-/m1/s1. The van der Waals surface area contributed by atoms with E-state index in [1.165, 1.54) is 5.56 Å². The molecular weight excluding hydrogens is 358 g/mol. The Bertz CT molecular complexity index is 703. The topological polar surface area (TPSA) is 45.8 Å². The van der Waals surface area contributed by atoms with Crippen LogP contribution < -0.4 is 15.4 Å². The Kier molecular flexibility index (Phi) is 7.45. The van der Waals surface area contributed by atoms with Crippen LogP contribution >= 0.6 is 12.2 Å². The van der Waals surface area contributed by atoms with E-state index < -0.39 is 0 Å². The Balaban J connectivity index is 1.57. The highest BCUT2D eigenvalue weighted by Gasteiger charge is 2.19. The molecule has 0 amide bonds. The van der Waals surface area contributed by atoms with E-state index in [1.807, 2.05) is 30.3 Å². The van der Waals surface area contributed by atoms with Gasteiger partial charge in [0.2, 0.25) is 0 Å². The summed E-state index contributed by atoms with van der Waals surface area (Å²) in [7, 11) is 1.67. The number of methoxy groups -OCH3 is 1. The molecule has 5 nitrogen and oxygen atoms in total. The second-order valence-corrected chi connectivity index (χ2v) is 6.96. The molecule has 1 fully saturated rings. The zero-order valence-corrected chi connectivity index (χ0v) is 16.5. The normalized spacial score (nSPS) is 15.7. The Morgan fingerprint density at radius 3 is 2.48 bits per heavy atom. The van der Waals surface area contributed by atoms with E-state index >= 15 is 0 Å². The number of benzene rings is 2. The predicted molar refractivity (Wildman–Crippen MR) is 112 cm³/mol. The second-order valence-electron chi connectivity index (χ2n) is 6.55. The molecule has 1 atom stereocenters. The second kappa shape index (κ2) is 10.3. The molecule has 3 rings (SSSR count). The molecule has 0 bridgehead atoms. The Hall–Kier alpha value is -2.15. The smallest absolute Gasteiger partial charge is 0.167 e. The van der Waals surface area contributed by atoms with E-state index in [9.17, 15) is 0 Å². The van der Waals surface area contributed by atoms with Gasteiger partial charge in [0.15, 0.2) is 5.11 Å². The number of ether oxygens (including phenoxy) is 2. The van der Waals surface area contributed by atoms with Crippen LogP contribution in [-0.2, 0) is 11.3 Å². The third-order valence-electron chi connectivity index (χ3n) is 4.66. The Morgan fingerprint density at radius 1 is 1.11 bits per heavy atom. The van der Waals surface area contributed by atoms with Crippen molar-refractivity contribution < 1.29 is 9.47 Å². The SMILES string of the molecule is COc1ccc(CNC(=S)N[C@H](CN2CCOCC2)c2ccccc2)cc1. The molecule has 0 aliphatic carbocycles. The Labute approximate surface area is 166 Å². The van der Waals surface area contributed by atoms with Crippen molar-refractivity contribution in [1.82, 2.24) is 15.5 Å². The van der Waals surface area contributed by atoms with E-state index in [4.69, 9.17) is 21.7 Å². The van der Waals surface area contributed by atoms with Crippen LogP contribution in [0.4, 0.5) is 0 Å². The summed E-state index contributed by atoms with van der Waals surface area (Å²) in [5.74, 6) is 0.856. The van der Waals surface area contributed by atoms with Gasteiger partial charge in [-0.1, -0.05) is 42.5 Å². The summed E-state index contributed by atoms with van der Waals surface area (Å²) >= 11 is 5.56. The predicted octanol–water partition coefficient (Wildman–Crippen LogP) is 2.73. The van der Waals surface area contributed by atoms with Crippen molar-refractivity contribution in [3.05, 3.63) is 65.7 Å². The van der Waals surface area contributed by atoms with E-state index in [0.29, 0.717) is 11.7 Å². The lowest BCUT2D eigenvalue weighted by Gasteiger charge is -2.31. The molecular formula is C21H27N3O2S. The molecule has 1 heterocycles. The summed E-state index contributed by atoms with van der Waals surface area (Å²) in [6.07, 6.45) is 0. The molecule has 0 spiro atoms. The molecule has 0 unspecified atom stereocenters. The first kappa shape index (κ1) is 19.6. The summed E-state index contributed by atoms with van der Waals surface area (Å²) in [5, 5.41) is 7.46. The largest absolute Gasteiger partial charge is 0.497 e. The monoisotopic (exact) mass is 385 g/mol. The van der Waals surface area contributed by atoms with Crippen LogP contribution in [-0.4, -0.2) is 50.0 Å². The lowest BCUT2D eigenvalue weighted by Crippen LogP contribution is -2.45. The van der Waals surface area contributed by atoms with Gasteiger partial charge in [-0.15, -0.1) is 0 Å². The molecule has 0 aromatic heterocycles. The fraction of sp³-hybridized carbons (Fsp3) is 0.381. The number of nitrogens with one attached hydrogen (secondary N) is 2. The first-order chi connectivity index (χ1) is 13.2. The van der Waals surface area contributed by atoms with Crippen molar-refractivity contribution >= 4 is 17.3 Å². The minimum Gasteiger partial charge on any atom is -0.497 e. The zero-order chi connectivity index (χ0) is 18.9. The van der Waals surface area contributed by atoms with Crippen LogP contribution in [0.5, 0.6) is 5.75 Å². The van der Waals surface area contributed by atoms with Gasteiger partial charge in [0.05, 0.1) is 26.4 Å². The number of nitrogens with zero attached hydrogens (tertiary/aromatic N) is 1. The molecule has 27 heavy (non-hydrogen) atoms. The molecule has 2 aromatic carbocycles. The first-order valence-electron chi connectivity index (χ1n) is 9.27. The van der Waals surface area contributed by atoms with Gasteiger partial charge in [0.1, 0.15) is 5.75 Å². The number of morpholine rings is 1. The van der Waals surface area contributed by atoms with E-state index in [-0.39, 0.29) is 6.04 Å². The first-order valence-corrected chi connectivity index (χ1v) is 9.68. The van der Waals surface area contributed by atoms with Crippen LogP contribution in [0.1, 0.15) is 17.2 Å². The van der Waals surface area contributed by atoms with Crippen LogP contribution in [0.2, 0.25) is 0 Å². The van der Waals surface area contributed by atoms with Crippen LogP contribution in [0.25, 0.3) is 0 Å². The summed E-state index contributed by atoms with van der Waals surface area (Å²) in [6.45, 7) is 5.07. The van der Waals surface area contributed by atoms with Gasteiger partial charge in [-0.25, -0.2) is 0 Å². The van der Waals surface area contributed by atoms with Gasteiger partial charge in [-0.2, -0.15) is 0 Å². The lowest BCUT2D eigenvalue weighted by molar-refractivity contribution is 0.0343. The fourth-order valence-electron chi connectivity index (χ4n) is 3.10. The molecule has 1 aliphatic heterocycles. The quantitative estimate of drug-likeness (QED) is 0.715. The number of thiocarbonyl (C=S) groups is 1. The third kappa shape index (κ3) is 6.20. The number of hydrogen-bond donors (Lipinski definition) is 2. The van der Waals surface area contributed by atoms with Crippen molar-refractivity contribution in [2.75, 3.05) is 40.0 Å². The van der Waals surface area contributed by atoms with Crippen LogP contribution in [0.3, 0.4) is 0 Å². The molecule has 2 aromatic rings. The van der Waals surface area contributed by atoms with E-state index in [2.05, 4.69) is 39.8 Å². The summed E-state index contributed by atoms with van der Waals surface area (Å²) in [4.78, 5) is 2.42. The number of rotatable bonds is 7. The van der Waals surface area contributed by atoms with Gasteiger partial charge < -0.3 is 20.1 Å². The van der Waals surface area contributed by atoms with Gasteiger partial charge >= 0.3 is 0 Å². The van der Waals surface area contributed by atoms with E-state index in [0.717, 1.165) is 44.2 Å². The maximum absolute atomic E-state index is 5.56. The van der Waals surface area contributed by atoms with E-state index in [1.54, 1.807) is 7.11 Å². The molecule has 144 valence electrons. The van der Waals surface area contributed by atoms with Crippen molar-refractivity contribution in [2.24, 2.45) is 0 Å². The molecule has 2 N–H and O–H groups in total. The van der Waals surface area contributed by atoms with Crippen molar-refractivity contribution in [1.29, 1.82) is 0 Å². The van der Waals surface area contributed by atoms with Gasteiger partial charge in [-0.05, 0) is 35.5 Å². The highest BCUT2D eigenvalue weighted by molar-refractivity contribution is 7.80. The highest BCUT2D eigenvalue weighted by atomic mass is 32.1. The molecule has 1 saturated heterocycles. The van der Waals surface area contributed by atoms with Gasteiger partial charge in [0, 0.05) is 26.2 Å². The van der Waals surface area contributed by atoms with Gasteiger partial charge in [0.25, 0.3) is 0 Å². The lowest BCUT2D eigenvalue weighted by atomic mass is 10.1. The average Bonchev–Trinajstić information content (AvgIpc) is 2.73. The summed E-state index contributed by atoms with van der Waals surface area (Å²) < 4.78 is 10.7.